The second kappa shape index (κ2) is 38.5. The normalized spacial score (nSPS) is 11.1. The fourth-order valence-electron chi connectivity index (χ4n) is 9.38. The highest BCUT2D eigenvalue weighted by atomic mass is 32.2. The molecule has 576 valence electrons. The number of carbonyl (C=O) groups excluding carboxylic acids is 5. The molecule has 0 spiro atoms. The standard InChI is InChI=1S/C26H27N3O8S.C24H27N3O8S.C24H25N3O7S/c1-5-36-24(30)18-11-9-17(10-12-18)19-7-6-8-21(15-19)37-22-14-13-20(29(32)33)16-23(22)38(34,35)28-25(31)27-26(2,3)4;1-24(2,3)25-23(29)26-36(32,33)21-16-18(27(30)31)13-14-20(21)35-19-11-8-10-17(15-19)9-6-5-7-12-22(28)34-4;1-2-3-6-15-25-24(29)26-35(32,33)23-16-18(27(30)31)11-14-22(23)34-21-8-5-4-7-20(21)17-9-12-19(28)13-10-17/h6-16H,5H2,1-4H3,(H2,27,28,31);8,10-11,13-16H,5,7,12H2,1-4H3,(H2,25,26,29);4-5,7-14,16,28H,2-3,6,15H2,1H3,(H2,25,26,29). The van der Waals surface area contributed by atoms with Crippen LogP contribution >= 0.6 is 0 Å². The average Bonchev–Trinajstić information content (AvgIpc) is 0.801. The van der Waals surface area contributed by atoms with Gasteiger partial charge in [-0.2, -0.15) is 0 Å². The molecule has 8 aromatic carbocycles. The highest BCUT2D eigenvalue weighted by Gasteiger charge is 2.31. The average molecular weight is 1560 g/mol. The molecule has 0 saturated carbocycles. The van der Waals surface area contributed by atoms with Gasteiger partial charge in [0, 0.05) is 78.0 Å². The van der Waals surface area contributed by atoms with E-state index >= 15 is 0 Å². The lowest BCUT2D eigenvalue weighted by molar-refractivity contribution is -0.385. The van der Waals surface area contributed by atoms with E-state index in [0.717, 1.165) is 66.9 Å². The van der Waals surface area contributed by atoms with E-state index in [1.54, 1.807) is 158 Å². The molecule has 0 unspecified atom stereocenters. The fourth-order valence-corrected chi connectivity index (χ4v) is 12.6. The molecule has 7 N–H and O–H groups in total. The molecule has 0 atom stereocenters. The molecule has 0 aliphatic rings. The highest BCUT2D eigenvalue weighted by Crippen LogP contribution is 2.39. The third-order valence-electron chi connectivity index (χ3n) is 14.3. The third kappa shape index (κ3) is 27.0. The third-order valence-corrected chi connectivity index (χ3v) is 18.3. The molecular weight excluding hydrogens is 1480 g/mol. The number of carbonyl (C=O) groups is 5. The number of nitro benzene ring substituents is 3. The molecule has 109 heavy (non-hydrogen) atoms. The van der Waals surface area contributed by atoms with Crippen molar-refractivity contribution in [3.8, 4) is 74.3 Å². The monoisotopic (exact) mass is 1560 g/mol. The fraction of sp³-hybridized carbons (Fsp3) is 0.257. The number of nitrogens with zero attached hydrogens (tertiary/aromatic N) is 3. The number of amides is 6. The zero-order chi connectivity index (χ0) is 80.4. The van der Waals surface area contributed by atoms with Gasteiger partial charge < -0.3 is 44.7 Å². The molecule has 0 bridgehead atoms. The van der Waals surface area contributed by atoms with Gasteiger partial charge in [-0.05, 0) is 157 Å². The maximum absolute atomic E-state index is 13.0. The number of phenolic OH excluding ortho intramolecular Hbond substituents is 1. The lowest BCUT2D eigenvalue weighted by Gasteiger charge is -2.21. The minimum Gasteiger partial charge on any atom is -0.508 e. The van der Waals surface area contributed by atoms with Crippen LogP contribution in [0.3, 0.4) is 0 Å². The van der Waals surface area contributed by atoms with Crippen LogP contribution in [0.5, 0.6) is 40.2 Å². The summed E-state index contributed by atoms with van der Waals surface area (Å²) < 4.78 is 111. The molecule has 35 heteroatoms. The second-order valence-corrected chi connectivity index (χ2v) is 30.2. The van der Waals surface area contributed by atoms with Gasteiger partial charge >= 0.3 is 30.0 Å². The van der Waals surface area contributed by atoms with Crippen molar-refractivity contribution in [1.29, 1.82) is 0 Å². The first-order valence-corrected chi connectivity index (χ1v) is 37.6. The number of methoxy groups -OCH3 is 1. The summed E-state index contributed by atoms with van der Waals surface area (Å²) in [6.45, 7) is 14.2. The number of esters is 2. The number of ether oxygens (including phenoxy) is 5. The van der Waals surface area contributed by atoms with Crippen molar-refractivity contribution in [3.05, 3.63) is 217 Å². The summed E-state index contributed by atoms with van der Waals surface area (Å²) in [7, 11) is -12.3. The number of phenols is 1. The van der Waals surface area contributed by atoms with Gasteiger partial charge in [-0.15, -0.1) is 0 Å². The Kier molecular flexibility index (Phi) is 30.1. The van der Waals surface area contributed by atoms with Gasteiger partial charge in [-0.3, -0.25) is 35.1 Å². The Morgan fingerprint density at radius 3 is 1.44 bits per heavy atom. The molecule has 0 aliphatic carbocycles. The zero-order valence-electron chi connectivity index (χ0n) is 60.4. The lowest BCUT2D eigenvalue weighted by Crippen LogP contribution is -2.48. The van der Waals surface area contributed by atoms with Crippen LogP contribution in [0.4, 0.5) is 31.4 Å². The van der Waals surface area contributed by atoms with Gasteiger partial charge in [0.05, 0.1) is 34.1 Å². The smallest absolute Gasteiger partial charge is 0.338 e. The Hall–Kier alpha value is -12.7. The van der Waals surface area contributed by atoms with Crippen molar-refractivity contribution in [1.82, 2.24) is 30.1 Å². The molecule has 0 heterocycles. The Labute approximate surface area is 628 Å². The van der Waals surface area contributed by atoms with Gasteiger partial charge in [0.15, 0.2) is 0 Å². The maximum atomic E-state index is 13.0. The first kappa shape index (κ1) is 85.2. The molecule has 8 rings (SSSR count). The van der Waals surface area contributed by atoms with Crippen molar-refractivity contribution in [2.45, 2.75) is 120 Å². The van der Waals surface area contributed by atoms with Gasteiger partial charge in [0.2, 0.25) is 0 Å². The molecule has 32 nitrogen and oxygen atoms in total. The number of sulfonamides is 3. The van der Waals surface area contributed by atoms with Crippen molar-refractivity contribution >= 4 is 77.2 Å². The number of nitro groups is 3. The number of urea groups is 3. The van der Waals surface area contributed by atoms with E-state index in [4.69, 9.17) is 18.9 Å². The van der Waals surface area contributed by atoms with E-state index in [2.05, 4.69) is 32.5 Å². The van der Waals surface area contributed by atoms with Crippen LogP contribution in [0.15, 0.2) is 191 Å². The summed E-state index contributed by atoms with van der Waals surface area (Å²) in [5, 5.41) is 50.8. The van der Waals surface area contributed by atoms with E-state index in [-0.39, 0.29) is 65.8 Å². The van der Waals surface area contributed by atoms with Gasteiger partial charge in [-0.25, -0.2) is 58.6 Å². The van der Waals surface area contributed by atoms with Crippen molar-refractivity contribution in [2.75, 3.05) is 20.3 Å². The second-order valence-electron chi connectivity index (χ2n) is 25.3. The van der Waals surface area contributed by atoms with Gasteiger partial charge in [0.25, 0.3) is 47.1 Å². The molecule has 0 radical (unpaired) electrons. The minimum atomic E-state index is -4.55. The summed E-state index contributed by atoms with van der Waals surface area (Å²) in [5.74, 6) is 5.27. The first-order valence-electron chi connectivity index (χ1n) is 33.1. The SMILES string of the molecule is CCCCCNC(=O)NS(=O)(=O)c1cc([N+](=O)[O-])ccc1Oc1ccccc1-c1ccc(O)cc1.CCOC(=O)c1ccc(-c2cccc(Oc3ccc([N+](=O)[O-])cc3S(=O)(=O)NC(=O)NC(C)(C)C)c2)cc1.COC(=O)CCCC#Cc1cccc(Oc2ccc([N+](=O)[O-])cc2S(=O)(=O)NC(=O)NC(C)(C)C)c1. The van der Waals surface area contributed by atoms with Crippen molar-refractivity contribution in [2.24, 2.45) is 0 Å². The summed E-state index contributed by atoms with van der Waals surface area (Å²) in [6.07, 6.45) is 3.75. The molecule has 0 aliphatic heterocycles. The van der Waals surface area contributed by atoms with E-state index in [9.17, 15) is 84.7 Å². The number of hydrogen-bond donors (Lipinski definition) is 7. The van der Waals surface area contributed by atoms with Crippen molar-refractivity contribution in [3.63, 3.8) is 0 Å². The maximum Gasteiger partial charge on any atom is 0.338 e. The Balaban J connectivity index is 0.000000256. The predicted molar refractivity (Wildman–Crippen MR) is 401 cm³/mol. The number of aromatic hydroxyl groups is 1. The van der Waals surface area contributed by atoms with Crippen LogP contribution in [0.2, 0.25) is 0 Å². The molecule has 0 aromatic heterocycles. The number of rotatable bonds is 26. The summed E-state index contributed by atoms with van der Waals surface area (Å²) in [5.41, 5.74) is 0.783. The lowest BCUT2D eigenvalue weighted by atomic mass is 10.0. The highest BCUT2D eigenvalue weighted by molar-refractivity contribution is 7.90. The zero-order valence-corrected chi connectivity index (χ0v) is 62.8. The van der Waals surface area contributed by atoms with Crippen LogP contribution in [0, 0.1) is 42.2 Å². The molecule has 8 aromatic rings. The van der Waals surface area contributed by atoms with E-state index in [0.29, 0.717) is 47.1 Å². The number of unbranched alkanes of at least 4 members (excludes halogenated alkanes) is 3. The molecule has 6 amide bonds. The summed E-state index contributed by atoms with van der Waals surface area (Å²) in [6, 6.07) is 39.2. The number of nitrogens with one attached hydrogen (secondary N) is 6. The molecular formula is C74H79N9O23S3. The first-order chi connectivity index (χ1) is 51.3. The topological polar surface area (TPSA) is 456 Å². The predicted octanol–water partition coefficient (Wildman–Crippen LogP) is 13.8. The summed E-state index contributed by atoms with van der Waals surface area (Å²) in [4.78, 5) is 89.5. The van der Waals surface area contributed by atoms with E-state index in [1.807, 2.05) is 21.1 Å². The summed E-state index contributed by atoms with van der Waals surface area (Å²) >= 11 is 0. The van der Waals surface area contributed by atoms with Crippen LogP contribution in [0.1, 0.15) is 110 Å². The van der Waals surface area contributed by atoms with Crippen LogP contribution in [-0.2, 0) is 44.3 Å². The number of para-hydroxylation sites is 1. The van der Waals surface area contributed by atoms with E-state index < -0.39 is 112 Å². The number of non-ortho nitro benzene ring substituents is 3. The van der Waals surface area contributed by atoms with E-state index in [1.165, 1.54) is 25.3 Å². The largest absolute Gasteiger partial charge is 0.508 e. The Bertz CT molecular complexity index is 5080. The van der Waals surface area contributed by atoms with Crippen molar-refractivity contribution < 1.29 is 92.8 Å². The minimum absolute atomic E-state index is 0.0787. The Morgan fingerprint density at radius 2 is 0.963 bits per heavy atom. The molecule has 0 fully saturated rings. The molecule has 0 saturated heterocycles. The number of hydrogen-bond acceptors (Lipinski definition) is 23. The number of benzene rings is 8. The van der Waals surface area contributed by atoms with Gasteiger partial charge in [0.1, 0.15) is 54.9 Å². The Morgan fingerprint density at radius 1 is 0.495 bits per heavy atom. The van der Waals surface area contributed by atoms with Crippen LogP contribution in [-0.4, -0.2) is 107 Å². The van der Waals surface area contributed by atoms with Gasteiger partial charge in [-0.1, -0.05) is 92.3 Å². The quantitative estimate of drug-likeness (QED) is 0.00870. The van der Waals surface area contributed by atoms with Crippen LogP contribution in [0.25, 0.3) is 22.3 Å². The van der Waals surface area contributed by atoms with Crippen LogP contribution < -0.4 is 44.3 Å².